The van der Waals surface area contributed by atoms with E-state index in [0.717, 1.165) is 27.7 Å². The lowest BCUT2D eigenvalue weighted by atomic mass is 9.97. The van der Waals surface area contributed by atoms with E-state index in [1.54, 1.807) is 54.4 Å². The highest BCUT2D eigenvalue weighted by atomic mass is 32.2. The van der Waals surface area contributed by atoms with Gasteiger partial charge in [0.25, 0.3) is 10.0 Å². The number of ether oxygens (including phenoxy) is 1. The second kappa shape index (κ2) is 12.4. The van der Waals surface area contributed by atoms with Crippen LogP contribution in [-0.2, 0) is 37.8 Å². The molecule has 2 aliphatic rings. The minimum atomic E-state index is -4.03. The molecule has 0 fully saturated rings. The van der Waals surface area contributed by atoms with E-state index in [9.17, 15) is 18.0 Å². The quantitative estimate of drug-likeness (QED) is 0.341. The van der Waals surface area contributed by atoms with Crippen LogP contribution in [0.5, 0.6) is 0 Å². The van der Waals surface area contributed by atoms with Crippen molar-refractivity contribution < 1.29 is 22.7 Å². The third kappa shape index (κ3) is 6.55. The van der Waals surface area contributed by atoms with Crippen LogP contribution in [0, 0.1) is 11.3 Å². The van der Waals surface area contributed by atoms with E-state index in [4.69, 9.17) is 10.00 Å². The molecule has 10 nitrogen and oxygen atoms in total. The topological polar surface area (TPSA) is 134 Å². The number of nitrogens with zero attached hydrogens (tertiary/aromatic N) is 3. The van der Waals surface area contributed by atoms with Gasteiger partial charge in [0.2, 0.25) is 5.91 Å². The Morgan fingerprint density at radius 3 is 2.60 bits per heavy atom. The highest BCUT2D eigenvalue weighted by molar-refractivity contribution is 7.96. The van der Waals surface area contributed by atoms with E-state index in [-0.39, 0.29) is 24.6 Å². The smallest absolute Gasteiger partial charge is 0.325 e. The van der Waals surface area contributed by atoms with Crippen LogP contribution >= 0.6 is 0 Å². The van der Waals surface area contributed by atoms with Crippen molar-refractivity contribution in [1.29, 1.82) is 5.26 Å². The third-order valence-corrected chi connectivity index (χ3v) is 8.75. The van der Waals surface area contributed by atoms with Gasteiger partial charge in [0.05, 0.1) is 35.7 Å². The van der Waals surface area contributed by atoms with Crippen LogP contribution in [0.3, 0.4) is 0 Å². The first-order valence-corrected chi connectivity index (χ1v) is 15.2. The van der Waals surface area contributed by atoms with Crippen molar-refractivity contribution in [3.05, 3.63) is 112 Å². The number of aromatic nitrogens is 1. The maximum absolute atomic E-state index is 13.7. The predicted molar refractivity (Wildman–Crippen MR) is 164 cm³/mol. The minimum absolute atomic E-state index is 0.0958. The molecular weight excluding hydrogens is 566 g/mol. The molecule has 0 spiro atoms. The number of hydrogen-bond acceptors (Lipinski definition) is 7. The number of aryl methyl sites for hydroxylation is 1. The van der Waals surface area contributed by atoms with Crippen LogP contribution in [0.2, 0.25) is 0 Å². The van der Waals surface area contributed by atoms with Gasteiger partial charge in [-0.25, -0.2) is 8.42 Å². The van der Waals surface area contributed by atoms with Gasteiger partial charge in [0.1, 0.15) is 6.54 Å². The lowest BCUT2D eigenvalue weighted by Gasteiger charge is -2.36. The number of nitrogens with one attached hydrogen (secondary N) is 2. The number of fused-ring (bicyclic) bond motifs is 2. The van der Waals surface area contributed by atoms with Crippen LogP contribution < -0.4 is 10.0 Å². The van der Waals surface area contributed by atoms with Crippen molar-refractivity contribution >= 4 is 38.5 Å². The fourth-order valence-corrected chi connectivity index (χ4v) is 6.58. The van der Waals surface area contributed by atoms with E-state index in [2.05, 4.69) is 20.7 Å². The number of carbonyl (C=O) groups excluding carboxylic acids is 2. The Bertz CT molecular complexity index is 1840. The Hall–Kier alpha value is -5.08. The monoisotopic (exact) mass is 597 g/mol. The van der Waals surface area contributed by atoms with E-state index in [0.29, 0.717) is 17.7 Å². The Labute approximate surface area is 250 Å². The standard InChI is InChI=1S/C32H31N5O5S/c1-3-42-31(39)20-34-30(38)21-37-15-5-7-24-6-4-8-29(32(24)37)43(40,41)35-26-13-14-28-25(17-26)18-27(36(28)2)16-22-9-11-23(19-33)12-10-22/h4-15,17-18,32,35H,3,16,20-21H2,1-2H3,(H,34,38). The Kier molecular flexibility index (Phi) is 8.50. The Morgan fingerprint density at radius 1 is 1.07 bits per heavy atom. The van der Waals surface area contributed by atoms with Crippen LogP contribution in [-0.4, -0.2) is 55.5 Å². The second-order valence-corrected chi connectivity index (χ2v) is 11.8. The van der Waals surface area contributed by atoms with Gasteiger partial charge in [-0.2, -0.15) is 5.26 Å². The average molecular weight is 598 g/mol. The summed E-state index contributed by atoms with van der Waals surface area (Å²) in [4.78, 5) is 26.0. The van der Waals surface area contributed by atoms with Gasteiger partial charge in [0, 0.05) is 42.0 Å². The van der Waals surface area contributed by atoms with Crippen LogP contribution in [0.4, 0.5) is 5.69 Å². The van der Waals surface area contributed by atoms with Gasteiger partial charge in [-0.05, 0) is 66.6 Å². The lowest BCUT2D eigenvalue weighted by molar-refractivity contribution is -0.143. The molecule has 1 unspecified atom stereocenters. The summed E-state index contributed by atoms with van der Waals surface area (Å²) in [6, 6.07) is 16.3. The number of anilines is 1. The molecule has 220 valence electrons. The number of amides is 1. The van der Waals surface area contributed by atoms with Gasteiger partial charge in [-0.3, -0.25) is 14.3 Å². The zero-order valence-electron chi connectivity index (χ0n) is 23.8. The molecule has 2 N–H and O–H groups in total. The van der Waals surface area contributed by atoms with E-state index in [1.165, 1.54) is 6.08 Å². The van der Waals surface area contributed by atoms with Gasteiger partial charge in [-0.1, -0.05) is 30.4 Å². The summed E-state index contributed by atoms with van der Waals surface area (Å²) in [7, 11) is -2.07. The number of esters is 1. The Morgan fingerprint density at radius 2 is 1.86 bits per heavy atom. The lowest BCUT2D eigenvalue weighted by Crippen LogP contribution is -2.45. The molecule has 0 saturated heterocycles. The molecule has 2 aromatic carbocycles. The second-order valence-electron chi connectivity index (χ2n) is 10.2. The molecule has 1 amide bonds. The zero-order valence-corrected chi connectivity index (χ0v) is 24.6. The summed E-state index contributed by atoms with van der Waals surface area (Å²) >= 11 is 0. The van der Waals surface area contributed by atoms with Crippen LogP contribution in [0.15, 0.2) is 95.6 Å². The van der Waals surface area contributed by atoms with E-state index >= 15 is 0 Å². The number of allylic oxidation sites excluding steroid dienone is 4. The van der Waals surface area contributed by atoms with E-state index < -0.39 is 27.9 Å². The molecule has 0 bridgehead atoms. The summed E-state index contributed by atoms with van der Waals surface area (Å²) in [6.07, 6.45) is 10.9. The molecule has 0 saturated carbocycles. The number of rotatable bonds is 10. The number of carbonyl (C=O) groups is 2. The Balaban J connectivity index is 1.33. The van der Waals surface area contributed by atoms with Crippen molar-refractivity contribution in [2.75, 3.05) is 24.4 Å². The molecule has 2 heterocycles. The molecule has 1 aliphatic heterocycles. The molecule has 3 aromatic rings. The molecule has 43 heavy (non-hydrogen) atoms. The van der Waals surface area contributed by atoms with Gasteiger partial charge >= 0.3 is 5.97 Å². The molecule has 1 atom stereocenters. The summed E-state index contributed by atoms with van der Waals surface area (Å²) in [5.41, 5.74) is 4.79. The first-order valence-electron chi connectivity index (χ1n) is 13.7. The third-order valence-electron chi connectivity index (χ3n) is 7.27. The average Bonchev–Trinajstić information content (AvgIpc) is 3.30. The highest BCUT2D eigenvalue weighted by Gasteiger charge is 2.35. The van der Waals surface area contributed by atoms with Crippen molar-refractivity contribution in [3.63, 3.8) is 0 Å². The summed E-state index contributed by atoms with van der Waals surface area (Å²) in [6.45, 7) is 1.47. The van der Waals surface area contributed by atoms with Gasteiger partial charge in [0.15, 0.2) is 0 Å². The zero-order chi connectivity index (χ0) is 30.6. The number of nitriles is 1. The summed E-state index contributed by atoms with van der Waals surface area (Å²) in [5.74, 6) is -0.986. The van der Waals surface area contributed by atoms with Crippen molar-refractivity contribution in [2.45, 2.75) is 19.4 Å². The maximum atomic E-state index is 13.7. The van der Waals surface area contributed by atoms with Crippen LogP contribution in [0.1, 0.15) is 23.7 Å². The minimum Gasteiger partial charge on any atom is -0.465 e. The fourth-order valence-electron chi connectivity index (χ4n) is 5.20. The summed E-state index contributed by atoms with van der Waals surface area (Å²) in [5, 5.41) is 12.5. The normalized spacial score (nSPS) is 15.7. The molecule has 5 rings (SSSR count). The van der Waals surface area contributed by atoms with Gasteiger partial charge < -0.3 is 19.5 Å². The molecule has 11 heteroatoms. The van der Waals surface area contributed by atoms with Crippen molar-refractivity contribution in [1.82, 2.24) is 14.8 Å². The van der Waals surface area contributed by atoms with Gasteiger partial charge in [-0.15, -0.1) is 0 Å². The molecule has 0 radical (unpaired) electrons. The maximum Gasteiger partial charge on any atom is 0.325 e. The van der Waals surface area contributed by atoms with Crippen LogP contribution in [0.25, 0.3) is 10.9 Å². The number of benzene rings is 2. The van der Waals surface area contributed by atoms with E-state index in [1.807, 2.05) is 43.5 Å². The predicted octanol–water partition coefficient (Wildman–Crippen LogP) is 3.64. The number of sulfonamides is 1. The molecule has 1 aliphatic carbocycles. The van der Waals surface area contributed by atoms with Crippen molar-refractivity contribution in [2.24, 2.45) is 7.05 Å². The summed E-state index contributed by atoms with van der Waals surface area (Å²) < 4.78 is 37.1. The first kappa shape index (κ1) is 29.4. The number of hydrogen-bond donors (Lipinski definition) is 2. The molecule has 1 aromatic heterocycles. The fraction of sp³-hybridized carbons (Fsp3) is 0.219. The van der Waals surface area contributed by atoms with Crippen molar-refractivity contribution in [3.8, 4) is 6.07 Å². The largest absolute Gasteiger partial charge is 0.465 e. The highest BCUT2D eigenvalue weighted by Crippen LogP contribution is 2.32. The first-order chi connectivity index (χ1) is 20.7. The molecular formula is C32H31N5O5S. The SMILES string of the molecule is CCOC(=O)CNC(=O)CN1C=CC=C2C=CC=C(S(=O)(=O)Nc3ccc4c(c3)cc(Cc3ccc(C#N)cc3)n4C)C21.